The number of hydrogen-bond acceptors (Lipinski definition) is 4. The van der Waals surface area contributed by atoms with Gasteiger partial charge in [0.25, 0.3) is 5.91 Å². The van der Waals surface area contributed by atoms with Gasteiger partial charge < -0.3 is 10.0 Å². The summed E-state index contributed by atoms with van der Waals surface area (Å²) < 4.78 is 0. The molecule has 1 aromatic heterocycles. The average molecular weight is 442 g/mol. The summed E-state index contributed by atoms with van der Waals surface area (Å²) in [5, 5.41) is 10.2. The van der Waals surface area contributed by atoms with Gasteiger partial charge in [-0.05, 0) is 55.1 Å². The van der Waals surface area contributed by atoms with E-state index in [1.54, 1.807) is 12.4 Å². The van der Waals surface area contributed by atoms with Gasteiger partial charge in [0.2, 0.25) is 0 Å². The molecule has 1 amide bonds. The zero-order valence-electron chi connectivity index (χ0n) is 19.1. The van der Waals surface area contributed by atoms with Crippen LogP contribution in [0.25, 0.3) is 11.1 Å². The van der Waals surface area contributed by atoms with Crippen LogP contribution in [0.15, 0.2) is 73.1 Å². The Kier molecular flexibility index (Phi) is 6.25. The molecule has 0 saturated carbocycles. The number of benzene rings is 2. The fourth-order valence-corrected chi connectivity index (χ4v) is 5.52. The summed E-state index contributed by atoms with van der Waals surface area (Å²) in [7, 11) is 0. The Labute approximate surface area is 195 Å². The first-order valence-electron chi connectivity index (χ1n) is 11.9. The van der Waals surface area contributed by atoms with E-state index in [-0.39, 0.29) is 30.5 Å². The van der Waals surface area contributed by atoms with Gasteiger partial charge in [-0.25, -0.2) is 0 Å². The highest BCUT2D eigenvalue weighted by Gasteiger charge is 2.49. The molecule has 0 radical (unpaired) electrons. The summed E-state index contributed by atoms with van der Waals surface area (Å²) >= 11 is 0. The predicted octanol–water partition coefficient (Wildman–Crippen LogP) is 4.12. The van der Waals surface area contributed by atoms with Gasteiger partial charge in [0.05, 0.1) is 12.2 Å². The summed E-state index contributed by atoms with van der Waals surface area (Å²) in [5.41, 5.74) is 5.54. The number of aromatic nitrogens is 1. The maximum Gasteiger partial charge on any atom is 0.255 e. The molecular formula is C28H31N3O2. The third-order valence-corrected chi connectivity index (χ3v) is 7.21. The number of fused-ring (bicyclic) bond motifs is 1. The van der Waals surface area contributed by atoms with E-state index in [1.165, 1.54) is 22.3 Å². The van der Waals surface area contributed by atoms with Gasteiger partial charge >= 0.3 is 0 Å². The molecule has 2 aromatic carbocycles. The van der Waals surface area contributed by atoms with E-state index in [0.29, 0.717) is 12.1 Å². The highest BCUT2D eigenvalue weighted by Crippen LogP contribution is 2.42. The number of aliphatic hydroxyl groups is 1. The molecule has 170 valence electrons. The molecule has 0 aliphatic carbocycles. The molecule has 3 aromatic rings. The molecule has 0 unspecified atom stereocenters. The SMILES string of the molecule is Cc1cccc(-c2ccc([C@@H]3[C@H]4CN(C(=O)c5cccnc5)CCCCN4[C@H]3CO)cc2)c1. The van der Waals surface area contributed by atoms with Gasteiger partial charge in [-0.2, -0.15) is 0 Å². The van der Waals surface area contributed by atoms with E-state index in [2.05, 4.69) is 65.3 Å². The number of carbonyl (C=O) groups excluding carboxylic acids is 1. The van der Waals surface area contributed by atoms with Gasteiger partial charge in [-0.3, -0.25) is 14.7 Å². The highest BCUT2D eigenvalue weighted by atomic mass is 16.3. The minimum Gasteiger partial charge on any atom is -0.395 e. The predicted molar refractivity (Wildman–Crippen MR) is 130 cm³/mol. The minimum atomic E-state index is 0.0472. The topological polar surface area (TPSA) is 56.7 Å². The van der Waals surface area contributed by atoms with Gasteiger partial charge in [0.15, 0.2) is 0 Å². The second-order valence-corrected chi connectivity index (χ2v) is 9.27. The molecule has 33 heavy (non-hydrogen) atoms. The smallest absolute Gasteiger partial charge is 0.255 e. The minimum absolute atomic E-state index is 0.0472. The summed E-state index contributed by atoms with van der Waals surface area (Å²) in [6.45, 7) is 4.66. The van der Waals surface area contributed by atoms with Crippen LogP contribution in [0.2, 0.25) is 0 Å². The number of carbonyl (C=O) groups is 1. The van der Waals surface area contributed by atoms with Crippen molar-refractivity contribution in [1.29, 1.82) is 0 Å². The lowest BCUT2D eigenvalue weighted by molar-refractivity contribution is -0.0606. The molecule has 0 bridgehead atoms. The first kappa shape index (κ1) is 21.8. The largest absolute Gasteiger partial charge is 0.395 e. The van der Waals surface area contributed by atoms with Crippen molar-refractivity contribution in [2.45, 2.75) is 37.8 Å². The van der Waals surface area contributed by atoms with Crippen molar-refractivity contribution in [2.75, 3.05) is 26.2 Å². The van der Waals surface area contributed by atoms with Crippen LogP contribution in [0.5, 0.6) is 0 Å². The monoisotopic (exact) mass is 441 g/mol. The van der Waals surface area contributed by atoms with Crippen molar-refractivity contribution < 1.29 is 9.90 Å². The first-order chi connectivity index (χ1) is 16.2. The number of aliphatic hydroxyl groups excluding tert-OH is 1. The third kappa shape index (κ3) is 4.31. The van der Waals surface area contributed by atoms with Crippen LogP contribution >= 0.6 is 0 Å². The maximum atomic E-state index is 13.2. The zero-order valence-corrected chi connectivity index (χ0v) is 19.1. The van der Waals surface area contributed by atoms with Crippen molar-refractivity contribution in [2.24, 2.45) is 0 Å². The van der Waals surface area contributed by atoms with Crippen molar-refractivity contribution >= 4 is 5.91 Å². The van der Waals surface area contributed by atoms with Crippen molar-refractivity contribution in [3.63, 3.8) is 0 Å². The Bertz CT molecular complexity index is 1100. The Morgan fingerprint density at radius 1 is 1.03 bits per heavy atom. The molecule has 2 aliphatic heterocycles. The lowest BCUT2D eigenvalue weighted by atomic mass is 9.74. The Balaban J connectivity index is 1.39. The summed E-state index contributed by atoms with van der Waals surface area (Å²) in [6, 6.07) is 21.3. The van der Waals surface area contributed by atoms with Gasteiger partial charge in [-0.1, -0.05) is 54.1 Å². The first-order valence-corrected chi connectivity index (χ1v) is 11.9. The molecule has 2 aliphatic rings. The van der Waals surface area contributed by atoms with E-state index in [1.807, 2.05) is 17.0 Å². The number of amides is 1. The molecule has 5 rings (SSSR count). The molecule has 5 heteroatoms. The summed E-state index contributed by atoms with van der Waals surface area (Å²) in [5.74, 6) is 0.259. The zero-order chi connectivity index (χ0) is 22.8. The molecular weight excluding hydrogens is 410 g/mol. The van der Waals surface area contributed by atoms with Crippen molar-refractivity contribution in [3.05, 3.63) is 89.7 Å². The van der Waals surface area contributed by atoms with Gasteiger partial charge in [0, 0.05) is 43.5 Å². The fourth-order valence-electron chi connectivity index (χ4n) is 5.52. The number of nitrogens with zero attached hydrogens (tertiary/aromatic N) is 3. The number of rotatable bonds is 4. The fraction of sp³-hybridized carbons (Fsp3) is 0.357. The Hall–Kier alpha value is -3.02. The molecule has 2 saturated heterocycles. The molecule has 1 N–H and O–H groups in total. The molecule has 5 nitrogen and oxygen atoms in total. The van der Waals surface area contributed by atoms with Crippen LogP contribution in [-0.2, 0) is 0 Å². The van der Waals surface area contributed by atoms with Crippen LogP contribution in [0, 0.1) is 6.92 Å². The summed E-state index contributed by atoms with van der Waals surface area (Å²) in [4.78, 5) is 21.7. The van der Waals surface area contributed by atoms with Crippen LogP contribution in [-0.4, -0.2) is 64.1 Å². The van der Waals surface area contributed by atoms with E-state index in [4.69, 9.17) is 0 Å². The third-order valence-electron chi connectivity index (χ3n) is 7.21. The van der Waals surface area contributed by atoms with E-state index in [0.717, 1.165) is 25.9 Å². The maximum absolute atomic E-state index is 13.2. The Morgan fingerprint density at radius 3 is 2.58 bits per heavy atom. The molecule has 2 fully saturated rings. The normalized spacial score (nSPS) is 23.2. The molecule has 0 spiro atoms. The van der Waals surface area contributed by atoms with Crippen molar-refractivity contribution in [3.8, 4) is 11.1 Å². The highest BCUT2D eigenvalue weighted by molar-refractivity contribution is 5.93. The summed E-state index contributed by atoms with van der Waals surface area (Å²) in [6.07, 6.45) is 5.35. The number of hydrogen-bond donors (Lipinski definition) is 1. The number of aryl methyl sites for hydroxylation is 1. The lowest BCUT2D eigenvalue weighted by Crippen LogP contribution is -2.67. The van der Waals surface area contributed by atoms with E-state index in [9.17, 15) is 9.90 Å². The van der Waals surface area contributed by atoms with E-state index >= 15 is 0 Å². The average Bonchev–Trinajstić information content (AvgIpc) is 2.83. The van der Waals surface area contributed by atoms with Gasteiger partial charge in [0.1, 0.15) is 0 Å². The Morgan fingerprint density at radius 2 is 1.85 bits per heavy atom. The van der Waals surface area contributed by atoms with Crippen LogP contribution in [0.3, 0.4) is 0 Å². The molecule has 3 atom stereocenters. The second kappa shape index (κ2) is 9.46. The standard InChI is InChI=1S/C28H31N3O2/c1-20-6-4-7-23(16-20)21-9-11-22(12-10-21)27-25-18-30(28(33)24-8-5-13-29-17-24)14-2-3-15-31(25)26(27)19-32/h4-13,16-17,25-27,32H,2-3,14-15,18-19H2,1H3/t25-,26+,27-/m1/s1. The van der Waals surface area contributed by atoms with Crippen LogP contribution in [0.4, 0.5) is 0 Å². The van der Waals surface area contributed by atoms with Crippen molar-refractivity contribution in [1.82, 2.24) is 14.8 Å². The number of pyridine rings is 1. The van der Waals surface area contributed by atoms with Crippen LogP contribution in [0.1, 0.15) is 40.2 Å². The molecule has 3 heterocycles. The second-order valence-electron chi connectivity index (χ2n) is 9.27. The van der Waals surface area contributed by atoms with Crippen LogP contribution < -0.4 is 0 Å². The van der Waals surface area contributed by atoms with E-state index < -0.39 is 0 Å². The van der Waals surface area contributed by atoms with Gasteiger partial charge in [-0.15, -0.1) is 0 Å². The quantitative estimate of drug-likeness (QED) is 0.662. The lowest BCUT2D eigenvalue weighted by Gasteiger charge is -2.57.